The number of halogens is 1. The Morgan fingerprint density at radius 1 is 1.13 bits per heavy atom. The monoisotopic (exact) mass is 419 g/mol. The molecule has 114 valence electrons. The maximum absolute atomic E-state index is 12.3. The van der Waals surface area contributed by atoms with E-state index in [0.717, 1.165) is 8.96 Å². The van der Waals surface area contributed by atoms with E-state index >= 15 is 0 Å². The number of nitrogens with zero attached hydrogens (tertiary/aromatic N) is 2. The summed E-state index contributed by atoms with van der Waals surface area (Å²) in [7, 11) is 0. The number of carbonyl (C=O) groups is 1. The first-order valence-electron chi connectivity index (χ1n) is 6.65. The highest BCUT2D eigenvalue weighted by Gasteiger charge is 2.12. The lowest BCUT2D eigenvalue weighted by Gasteiger charge is -2.09. The van der Waals surface area contributed by atoms with Crippen LogP contribution in [-0.4, -0.2) is 15.8 Å². The molecule has 0 saturated heterocycles. The second-order valence-corrected chi connectivity index (χ2v) is 5.91. The van der Waals surface area contributed by atoms with Crippen molar-refractivity contribution in [2.75, 3.05) is 5.32 Å². The molecule has 0 saturated carbocycles. The fraction of sp³-hybridized carbons (Fsp3) is 0. The molecule has 1 aromatic heterocycles. The molecule has 0 atom stereocenters. The van der Waals surface area contributed by atoms with Gasteiger partial charge in [-0.05, 0) is 52.9 Å². The van der Waals surface area contributed by atoms with Crippen molar-refractivity contribution in [2.24, 2.45) is 0 Å². The summed E-state index contributed by atoms with van der Waals surface area (Å²) >= 11 is 2.21. The number of pyridine rings is 1. The predicted molar refractivity (Wildman–Crippen MR) is 95.5 cm³/mol. The van der Waals surface area contributed by atoms with Crippen LogP contribution in [0, 0.1) is 13.7 Å². The lowest BCUT2D eigenvalue weighted by molar-refractivity contribution is -0.384. The van der Waals surface area contributed by atoms with Gasteiger partial charge >= 0.3 is 0 Å². The molecule has 0 aliphatic rings. The molecule has 0 spiro atoms. The summed E-state index contributed by atoms with van der Waals surface area (Å²) < 4.78 is 1.04. The molecule has 0 aliphatic heterocycles. The fourth-order valence-corrected chi connectivity index (χ4v) is 2.78. The number of nitro benzene ring substituents is 1. The fourth-order valence-electron chi connectivity index (χ4n) is 2.17. The summed E-state index contributed by atoms with van der Waals surface area (Å²) in [5, 5.41) is 14.4. The lowest BCUT2D eigenvalue weighted by Crippen LogP contribution is -2.12. The van der Waals surface area contributed by atoms with E-state index in [9.17, 15) is 14.9 Å². The highest BCUT2D eigenvalue weighted by atomic mass is 127. The molecule has 1 heterocycles. The summed E-state index contributed by atoms with van der Waals surface area (Å²) in [6, 6.07) is 12.9. The van der Waals surface area contributed by atoms with Crippen LogP contribution in [0.15, 0.2) is 54.7 Å². The van der Waals surface area contributed by atoms with Crippen LogP contribution in [0.25, 0.3) is 10.9 Å². The summed E-state index contributed by atoms with van der Waals surface area (Å²) in [6.45, 7) is 0. The van der Waals surface area contributed by atoms with Gasteiger partial charge in [0.25, 0.3) is 11.6 Å². The first kappa shape index (κ1) is 15.3. The predicted octanol–water partition coefficient (Wildman–Crippen LogP) is 4.00. The van der Waals surface area contributed by atoms with Gasteiger partial charge in [-0.15, -0.1) is 0 Å². The molecule has 0 unspecified atom stereocenters. The van der Waals surface area contributed by atoms with E-state index in [1.807, 2.05) is 18.2 Å². The molecule has 0 aliphatic carbocycles. The van der Waals surface area contributed by atoms with Gasteiger partial charge in [-0.3, -0.25) is 19.9 Å². The average Bonchev–Trinajstić information content (AvgIpc) is 2.57. The minimum Gasteiger partial charge on any atom is -0.320 e. The number of nitrogens with one attached hydrogen (secondary N) is 1. The number of amides is 1. The molecule has 23 heavy (non-hydrogen) atoms. The number of rotatable bonds is 3. The number of non-ortho nitro benzene ring substituents is 1. The molecule has 1 N–H and O–H groups in total. The molecule has 0 radical (unpaired) electrons. The van der Waals surface area contributed by atoms with Crippen LogP contribution in [0.4, 0.5) is 11.4 Å². The second kappa shape index (κ2) is 6.29. The van der Waals surface area contributed by atoms with Gasteiger partial charge in [-0.2, -0.15) is 0 Å². The number of anilines is 1. The minimum atomic E-state index is -0.502. The van der Waals surface area contributed by atoms with Crippen molar-refractivity contribution in [2.45, 2.75) is 0 Å². The van der Waals surface area contributed by atoms with Gasteiger partial charge in [0.2, 0.25) is 0 Å². The van der Waals surface area contributed by atoms with Crippen molar-refractivity contribution >= 4 is 50.8 Å². The van der Waals surface area contributed by atoms with Crippen LogP contribution in [0.3, 0.4) is 0 Å². The zero-order valence-corrected chi connectivity index (χ0v) is 13.9. The van der Waals surface area contributed by atoms with Gasteiger partial charge in [-0.25, -0.2) is 0 Å². The molecule has 3 aromatic rings. The third kappa shape index (κ3) is 3.14. The Morgan fingerprint density at radius 2 is 1.87 bits per heavy atom. The van der Waals surface area contributed by atoms with Crippen molar-refractivity contribution in [3.05, 3.63) is 74.0 Å². The SMILES string of the molecule is O=C(Nc1ccc(I)c2cccnc12)c1ccc([N+](=O)[O-])cc1. The number of fused-ring (bicyclic) bond motifs is 1. The maximum atomic E-state index is 12.3. The third-order valence-electron chi connectivity index (χ3n) is 3.30. The van der Waals surface area contributed by atoms with E-state index < -0.39 is 4.92 Å². The number of benzene rings is 2. The highest BCUT2D eigenvalue weighted by Crippen LogP contribution is 2.26. The number of carbonyl (C=O) groups excluding carboxylic acids is 1. The molecular weight excluding hydrogens is 409 g/mol. The molecule has 7 heteroatoms. The Bertz CT molecular complexity index is 910. The normalized spacial score (nSPS) is 10.5. The summed E-state index contributed by atoms with van der Waals surface area (Å²) in [6.07, 6.45) is 1.67. The van der Waals surface area contributed by atoms with Gasteiger partial charge < -0.3 is 5.32 Å². The molecule has 1 amide bonds. The molecule has 0 bridgehead atoms. The highest BCUT2D eigenvalue weighted by molar-refractivity contribution is 14.1. The van der Waals surface area contributed by atoms with Crippen molar-refractivity contribution in [1.29, 1.82) is 0 Å². The molecule has 6 nitrogen and oxygen atoms in total. The Balaban J connectivity index is 1.91. The first-order valence-corrected chi connectivity index (χ1v) is 7.73. The van der Waals surface area contributed by atoms with E-state index in [1.165, 1.54) is 24.3 Å². The third-order valence-corrected chi connectivity index (χ3v) is 4.25. The van der Waals surface area contributed by atoms with Crippen LogP contribution in [0.2, 0.25) is 0 Å². The van der Waals surface area contributed by atoms with E-state index in [2.05, 4.69) is 32.9 Å². The first-order chi connectivity index (χ1) is 11.1. The molecule has 3 rings (SSSR count). The van der Waals surface area contributed by atoms with Crippen molar-refractivity contribution in [1.82, 2.24) is 4.98 Å². The van der Waals surface area contributed by atoms with Crippen molar-refractivity contribution < 1.29 is 9.72 Å². The Kier molecular flexibility index (Phi) is 4.20. The lowest BCUT2D eigenvalue weighted by atomic mass is 10.1. The smallest absolute Gasteiger partial charge is 0.269 e. The second-order valence-electron chi connectivity index (χ2n) is 4.75. The van der Waals surface area contributed by atoms with E-state index in [-0.39, 0.29) is 11.6 Å². The van der Waals surface area contributed by atoms with E-state index in [0.29, 0.717) is 16.8 Å². The van der Waals surface area contributed by atoms with Crippen LogP contribution in [0.1, 0.15) is 10.4 Å². The quantitative estimate of drug-likeness (QED) is 0.395. The number of nitro groups is 1. The van der Waals surface area contributed by atoms with Crippen LogP contribution < -0.4 is 5.32 Å². The Hall–Kier alpha value is -2.55. The molecule has 0 fully saturated rings. The van der Waals surface area contributed by atoms with Gasteiger partial charge in [0.15, 0.2) is 0 Å². The standard InChI is InChI=1S/C16H10IN3O3/c17-13-7-8-14(15-12(13)2-1-9-18-15)19-16(21)10-3-5-11(6-4-10)20(22)23/h1-9H,(H,19,21). The van der Waals surface area contributed by atoms with E-state index in [4.69, 9.17) is 0 Å². The summed E-state index contributed by atoms with van der Waals surface area (Å²) in [5.74, 6) is -0.340. The minimum absolute atomic E-state index is 0.0528. The van der Waals surface area contributed by atoms with Gasteiger partial charge in [0.05, 0.1) is 16.1 Å². The summed E-state index contributed by atoms with van der Waals surface area (Å²) in [5.41, 5.74) is 1.60. The molecular formula is C16H10IN3O3. The number of aromatic nitrogens is 1. The Labute approximate surface area is 144 Å². The average molecular weight is 419 g/mol. The van der Waals surface area contributed by atoms with Crippen molar-refractivity contribution in [3.8, 4) is 0 Å². The zero-order chi connectivity index (χ0) is 16.4. The number of hydrogen-bond acceptors (Lipinski definition) is 4. The van der Waals surface area contributed by atoms with Crippen LogP contribution in [-0.2, 0) is 0 Å². The van der Waals surface area contributed by atoms with Gasteiger partial charge in [-0.1, -0.05) is 6.07 Å². The van der Waals surface area contributed by atoms with Crippen molar-refractivity contribution in [3.63, 3.8) is 0 Å². The van der Waals surface area contributed by atoms with Crippen LogP contribution >= 0.6 is 22.6 Å². The van der Waals surface area contributed by atoms with Gasteiger partial charge in [0, 0.05) is 32.8 Å². The maximum Gasteiger partial charge on any atom is 0.269 e. The van der Waals surface area contributed by atoms with E-state index in [1.54, 1.807) is 12.3 Å². The number of hydrogen-bond donors (Lipinski definition) is 1. The summed E-state index contributed by atoms with van der Waals surface area (Å²) in [4.78, 5) is 26.8. The topological polar surface area (TPSA) is 85.1 Å². The zero-order valence-electron chi connectivity index (χ0n) is 11.7. The van der Waals surface area contributed by atoms with Crippen LogP contribution in [0.5, 0.6) is 0 Å². The Morgan fingerprint density at radius 3 is 2.57 bits per heavy atom. The largest absolute Gasteiger partial charge is 0.320 e. The van der Waals surface area contributed by atoms with Gasteiger partial charge in [0.1, 0.15) is 0 Å². The molecule has 2 aromatic carbocycles.